The molecule has 1 aromatic carbocycles. The number of carbonyl (C=O) groups is 2. The first-order chi connectivity index (χ1) is 14.4. The van der Waals surface area contributed by atoms with E-state index in [0.29, 0.717) is 17.5 Å². The van der Waals surface area contributed by atoms with Crippen LogP contribution in [-0.2, 0) is 11.3 Å². The smallest absolute Gasteiger partial charge is 0.315 e. The monoisotopic (exact) mass is 422 g/mol. The van der Waals surface area contributed by atoms with Crippen LogP contribution in [0, 0.1) is 17.5 Å². The molecular weight excluding hydrogens is 401 g/mol. The van der Waals surface area contributed by atoms with Gasteiger partial charge in [-0.15, -0.1) is 0 Å². The van der Waals surface area contributed by atoms with E-state index >= 15 is 0 Å². The van der Waals surface area contributed by atoms with Crippen molar-refractivity contribution in [2.24, 2.45) is 0 Å². The van der Waals surface area contributed by atoms with Gasteiger partial charge in [0.05, 0.1) is 12.2 Å². The van der Waals surface area contributed by atoms with Crippen LogP contribution in [0.2, 0.25) is 0 Å². The molecule has 0 aliphatic heterocycles. The van der Waals surface area contributed by atoms with Crippen molar-refractivity contribution in [3.8, 4) is 5.88 Å². The van der Waals surface area contributed by atoms with Gasteiger partial charge in [-0.3, -0.25) is 4.79 Å². The predicted octanol–water partition coefficient (Wildman–Crippen LogP) is 3.26. The van der Waals surface area contributed by atoms with Crippen molar-refractivity contribution >= 4 is 17.6 Å². The van der Waals surface area contributed by atoms with Gasteiger partial charge in [0.25, 0.3) is 0 Å². The Morgan fingerprint density at radius 3 is 2.60 bits per heavy atom. The number of aromatic nitrogens is 1. The quantitative estimate of drug-likeness (QED) is 0.598. The van der Waals surface area contributed by atoms with E-state index in [2.05, 4.69) is 20.9 Å². The zero-order valence-electron chi connectivity index (χ0n) is 16.0. The van der Waals surface area contributed by atoms with Gasteiger partial charge < -0.3 is 20.7 Å². The molecule has 0 unspecified atom stereocenters. The second-order valence-corrected chi connectivity index (χ2v) is 6.80. The molecule has 0 spiro atoms. The lowest BCUT2D eigenvalue weighted by Gasteiger charge is -2.15. The molecule has 160 valence electrons. The van der Waals surface area contributed by atoms with Gasteiger partial charge in [0.1, 0.15) is 6.10 Å². The molecule has 0 bridgehead atoms. The maximum atomic E-state index is 13.6. The zero-order valence-corrected chi connectivity index (χ0v) is 16.0. The third-order valence-electron chi connectivity index (χ3n) is 4.59. The second-order valence-electron chi connectivity index (χ2n) is 6.80. The Balaban J connectivity index is 1.46. The molecule has 30 heavy (non-hydrogen) atoms. The van der Waals surface area contributed by atoms with Gasteiger partial charge in [-0.05, 0) is 43.9 Å². The molecule has 2 aromatic rings. The summed E-state index contributed by atoms with van der Waals surface area (Å²) < 4.78 is 45.6. The Morgan fingerprint density at radius 1 is 1.07 bits per heavy atom. The third kappa shape index (κ3) is 5.62. The minimum atomic E-state index is -1.69. The predicted molar refractivity (Wildman–Crippen MR) is 102 cm³/mol. The van der Waals surface area contributed by atoms with Crippen LogP contribution in [-0.4, -0.2) is 29.6 Å². The normalized spacial score (nSPS) is 13.7. The summed E-state index contributed by atoms with van der Waals surface area (Å²) in [6.07, 6.45) is 5.90. The van der Waals surface area contributed by atoms with Crippen molar-refractivity contribution in [2.45, 2.75) is 38.3 Å². The number of halogens is 3. The molecule has 1 fully saturated rings. The summed E-state index contributed by atoms with van der Waals surface area (Å²) >= 11 is 0. The molecular formula is C20H21F3N4O3. The van der Waals surface area contributed by atoms with Crippen LogP contribution in [0.25, 0.3) is 0 Å². The fourth-order valence-corrected chi connectivity index (χ4v) is 3.04. The van der Waals surface area contributed by atoms with Crippen molar-refractivity contribution < 1.29 is 27.5 Å². The number of pyridine rings is 1. The highest BCUT2D eigenvalue weighted by molar-refractivity contribution is 5.94. The lowest BCUT2D eigenvalue weighted by Crippen LogP contribution is -2.39. The molecule has 1 aliphatic carbocycles. The summed E-state index contributed by atoms with van der Waals surface area (Å²) in [7, 11) is 0. The van der Waals surface area contributed by atoms with Crippen molar-refractivity contribution in [3.63, 3.8) is 0 Å². The number of rotatable bonds is 7. The van der Waals surface area contributed by atoms with Gasteiger partial charge >= 0.3 is 6.03 Å². The van der Waals surface area contributed by atoms with Gasteiger partial charge in [-0.2, -0.15) is 0 Å². The van der Waals surface area contributed by atoms with Crippen LogP contribution in [0.1, 0.15) is 31.2 Å². The van der Waals surface area contributed by atoms with Crippen LogP contribution in [0.5, 0.6) is 5.88 Å². The van der Waals surface area contributed by atoms with E-state index in [1.165, 1.54) is 0 Å². The second kappa shape index (κ2) is 9.95. The Labute approximate surface area is 171 Å². The fourth-order valence-electron chi connectivity index (χ4n) is 3.04. The minimum absolute atomic E-state index is 0.118. The summed E-state index contributed by atoms with van der Waals surface area (Å²) in [5, 5.41) is 6.94. The lowest BCUT2D eigenvalue weighted by molar-refractivity contribution is -0.115. The molecule has 1 saturated carbocycles. The average molecular weight is 422 g/mol. The molecule has 0 radical (unpaired) electrons. The van der Waals surface area contributed by atoms with E-state index in [0.717, 1.165) is 31.7 Å². The van der Waals surface area contributed by atoms with E-state index in [9.17, 15) is 22.8 Å². The number of amides is 3. The highest BCUT2D eigenvalue weighted by Gasteiger charge is 2.19. The van der Waals surface area contributed by atoms with E-state index < -0.39 is 41.6 Å². The van der Waals surface area contributed by atoms with E-state index in [1.807, 2.05) is 0 Å². The molecule has 3 rings (SSSR count). The van der Waals surface area contributed by atoms with Gasteiger partial charge in [0.2, 0.25) is 11.8 Å². The van der Waals surface area contributed by atoms with Gasteiger partial charge in [0, 0.05) is 18.3 Å². The van der Waals surface area contributed by atoms with Crippen molar-refractivity contribution in [3.05, 3.63) is 53.5 Å². The minimum Gasteiger partial charge on any atom is -0.474 e. The van der Waals surface area contributed by atoms with Crippen LogP contribution in [0.4, 0.5) is 23.7 Å². The third-order valence-corrected chi connectivity index (χ3v) is 4.59. The molecule has 0 atom stereocenters. The Bertz CT molecular complexity index is 920. The number of hydrogen-bond donors (Lipinski definition) is 3. The van der Waals surface area contributed by atoms with E-state index in [4.69, 9.17) is 4.74 Å². The number of carbonyl (C=O) groups excluding carboxylic acids is 2. The number of nitrogens with one attached hydrogen (secondary N) is 3. The first-order valence-electron chi connectivity index (χ1n) is 9.49. The summed E-state index contributed by atoms with van der Waals surface area (Å²) in [6, 6.07) is 4.43. The maximum Gasteiger partial charge on any atom is 0.315 e. The first-order valence-corrected chi connectivity index (χ1v) is 9.49. The van der Waals surface area contributed by atoms with Crippen molar-refractivity contribution in [1.29, 1.82) is 0 Å². The van der Waals surface area contributed by atoms with Crippen molar-refractivity contribution in [1.82, 2.24) is 15.6 Å². The topological polar surface area (TPSA) is 92.4 Å². The van der Waals surface area contributed by atoms with E-state index in [-0.39, 0.29) is 12.6 Å². The highest BCUT2D eigenvalue weighted by Crippen LogP contribution is 2.25. The van der Waals surface area contributed by atoms with Crippen LogP contribution in [0.15, 0.2) is 30.5 Å². The highest BCUT2D eigenvalue weighted by atomic mass is 19.2. The van der Waals surface area contributed by atoms with Gasteiger partial charge in [-0.1, -0.05) is 6.07 Å². The molecule has 1 aromatic heterocycles. The Hall–Kier alpha value is -3.30. The standard InChI is InChI=1S/C20H21F3N4O3/c21-14-7-8-15(18(23)17(14)22)27-16(28)11-26-20(29)25-10-12-4-3-9-24-19(12)30-13-5-1-2-6-13/h3-4,7-9,13H,1-2,5-6,10-11H2,(H,27,28)(H2,25,26,29). The number of ether oxygens (including phenoxy) is 1. The maximum absolute atomic E-state index is 13.6. The molecule has 0 saturated heterocycles. The summed E-state index contributed by atoms with van der Waals surface area (Å²) in [5.41, 5.74) is 0.165. The number of nitrogens with zero attached hydrogens (tertiary/aromatic N) is 1. The number of benzene rings is 1. The number of hydrogen-bond acceptors (Lipinski definition) is 4. The van der Waals surface area contributed by atoms with E-state index in [1.54, 1.807) is 18.3 Å². The SMILES string of the molecule is O=C(CNC(=O)NCc1cccnc1OC1CCCC1)Nc1ccc(F)c(F)c1F. The van der Waals surface area contributed by atoms with Gasteiger partial charge in [0.15, 0.2) is 17.5 Å². The van der Waals surface area contributed by atoms with Crippen LogP contribution in [0.3, 0.4) is 0 Å². The molecule has 7 nitrogen and oxygen atoms in total. The summed E-state index contributed by atoms with van der Waals surface area (Å²) in [4.78, 5) is 28.0. The fraction of sp³-hybridized carbons (Fsp3) is 0.350. The zero-order chi connectivity index (χ0) is 21.5. The summed E-state index contributed by atoms with van der Waals surface area (Å²) in [6.45, 7) is -0.371. The lowest BCUT2D eigenvalue weighted by atomic mass is 10.2. The molecule has 1 aliphatic rings. The van der Waals surface area contributed by atoms with Crippen molar-refractivity contribution in [2.75, 3.05) is 11.9 Å². The number of urea groups is 1. The Morgan fingerprint density at radius 2 is 1.83 bits per heavy atom. The first kappa shape index (κ1) is 21.4. The average Bonchev–Trinajstić information content (AvgIpc) is 3.25. The molecule has 3 N–H and O–H groups in total. The van der Waals surface area contributed by atoms with Gasteiger partial charge in [-0.25, -0.2) is 22.9 Å². The van der Waals surface area contributed by atoms with Crippen LogP contribution >= 0.6 is 0 Å². The molecule has 3 amide bonds. The number of anilines is 1. The Kier molecular flexibility index (Phi) is 7.10. The summed E-state index contributed by atoms with van der Waals surface area (Å²) in [5.74, 6) is -4.92. The van der Waals surface area contributed by atoms with Crippen LogP contribution < -0.4 is 20.7 Å². The largest absolute Gasteiger partial charge is 0.474 e. The molecule has 1 heterocycles. The molecule has 10 heteroatoms.